The van der Waals surface area contributed by atoms with Crippen LogP contribution >= 0.6 is 17.2 Å². The molecule has 0 aliphatic carbocycles. The van der Waals surface area contributed by atoms with E-state index in [0.29, 0.717) is 0 Å². The molecule has 24 heavy (non-hydrogen) atoms. The Kier molecular flexibility index (Phi) is 15.3. The first-order chi connectivity index (χ1) is 11.5. The normalized spacial score (nSPS) is 13.8. The third-order valence-corrected chi connectivity index (χ3v) is 13.7. The fourth-order valence-electron chi connectivity index (χ4n) is 4.36. The van der Waals surface area contributed by atoms with Crippen LogP contribution in [0.4, 0.5) is 0 Å². The van der Waals surface area contributed by atoms with Crippen molar-refractivity contribution in [3.63, 3.8) is 0 Å². The van der Waals surface area contributed by atoms with E-state index >= 15 is 0 Å². The molecule has 0 aromatic rings. The Balaban J connectivity index is 4.41. The van der Waals surface area contributed by atoms with Crippen LogP contribution < -0.4 is 0 Å². The Morgan fingerprint density at radius 3 is 1.08 bits per heavy atom. The number of unbranched alkanes of at least 4 members (excludes halogenated alkanes) is 10. The topological polar surface area (TPSA) is 0 Å². The van der Waals surface area contributed by atoms with Crippen LogP contribution in [0.5, 0.6) is 0 Å². The first-order valence-corrected chi connectivity index (χ1v) is 15.1. The number of hydrogen-bond donors (Lipinski definition) is 0. The molecule has 0 bridgehead atoms. The summed E-state index contributed by atoms with van der Waals surface area (Å²) < 4.78 is 0. The maximum atomic E-state index is 7.61. The van der Waals surface area contributed by atoms with Gasteiger partial charge in [-0.05, 0) is 0 Å². The summed E-state index contributed by atoms with van der Waals surface area (Å²) in [5.74, 6) is -1.95. The third kappa shape index (κ3) is 11.4. The number of rotatable bonds is 18. The predicted molar refractivity (Wildman–Crippen MR) is 120 cm³/mol. The monoisotopic (exact) mass is 378 g/mol. The molecule has 0 N–H and O–H groups in total. The van der Waals surface area contributed by atoms with Crippen molar-refractivity contribution in [1.29, 1.82) is 0 Å². The van der Waals surface area contributed by atoms with E-state index in [1.54, 1.807) is 0 Å². The van der Waals surface area contributed by atoms with Crippen LogP contribution in [0.15, 0.2) is 0 Å². The van der Waals surface area contributed by atoms with E-state index in [2.05, 4.69) is 27.7 Å². The quantitative estimate of drug-likeness (QED) is 0.164. The van der Waals surface area contributed by atoms with Gasteiger partial charge in [-0.15, -0.1) is 0 Å². The summed E-state index contributed by atoms with van der Waals surface area (Å²) in [6, 6.07) is 0. The zero-order valence-corrected chi connectivity index (χ0v) is 19.2. The zero-order valence-electron chi connectivity index (χ0n) is 17.6. The molecular formula is C22H48ClP. The fraction of sp³-hybridized carbons (Fsp3) is 1.00. The molecule has 0 saturated heterocycles. The SMILES string of the molecule is CCCCCCCCP(Cl)(CCC)(CCC)CCCCCCCC. The Morgan fingerprint density at radius 2 is 0.750 bits per heavy atom. The van der Waals surface area contributed by atoms with Gasteiger partial charge in [0, 0.05) is 0 Å². The van der Waals surface area contributed by atoms with E-state index in [4.69, 9.17) is 11.2 Å². The van der Waals surface area contributed by atoms with Gasteiger partial charge in [-0.3, -0.25) is 0 Å². The summed E-state index contributed by atoms with van der Waals surface area (Å²) in [6.45, 7) is 9.30. The molecule has 0 saturated carbocycles. The van der Waals surface area contributed by atoms with Crippen LogP contribution in [0.2, 0.25) is 0 Å². The van der Waals surface area contributed by atoms with Crippen LogP contribution in [0.1, 0.15) is 118 Å². The van der Waals surface area contributed by atoms with Crippen LogP contribution in [-0.4, -0.2) is 24.6 Å². The van der Waals surface area contributed by atoms with Gasteiger partial charge in [0.25, 0.3) is 0 Å². The summed E-state index contributed by atoms with van der Waals surface area (Å²) in [7, 11) is 0. The molecule has 0 radical (unpaired) electrons. The van der Waals surface area contributed by atoms with E-state index in [-0.39, 0.29) is 0 Å². The molecule has 0 aliphatic heterocycles. The van der Waals surface area contributed by atoms with Gasteiger partial charge in [0.1, 0.15) is 0 Å². The molecule has 0 amide bonds. The molecule has 0 spiro atoms. The molecule has 0 aromatic heterocycles. The second-order valence-electron chi connectivity index (χ2n) is 8.25. The summed E-state index contributed by atoms with van der Waals surface area (Å²) in [6.07, 6.45) is 24.8. The van der Waals surface area contributed by atoms with Crippen molar-refractivity contribution in [3.05, 3.63) is 0 Å². The Labute approximate surface area is 159 Å². The second kappa shape index (κ2) is 14.8. The average Bonchev–Trinajstić information content (AvgIpc) is 2.55. The van der Waals surface area contributed by atoms with Gasteiger partial charge >= 0.3 is 159 Å². The summed E-state index contributed by atoms with van der Waals surface area (Å²) >= 11 is 7.61. The molecular weight excluding hydrogens is 331 g/mol. The molecule has 0 fully saturated rings. The molecule has 0 atom stereocenters. The van der Waals surface area contributed by atoms with Gasteiger partial charge in [-0.25, -0.2) is 0 Å². The minimum absolute atomic E-state index is 1.28. The van der Waals surface area contributed by atoms with Gasteiger partial charge in [0.05, 0.1) is 0 Å². The molecule has 0 unspecified atom stereocenters. The number of hydrogen-bond acceptors (Lipinski definition) is 0. The average molecular weight is 379 g/mol. The van der Waals surface area contributed by atoms with Crippen LogP contribution in [0.25, 0.3) is 0 Å². The molecule has 0 aliphatic rings. The van der Waals surface area contributed by atoms with Crippen molar-refractivity contribution in [2.45, 2.75) is 118 Å². The van der Waals surface area contributed by atoms with E-state index in [9.17, 15) is 0 Å². The van der Waals surface area contributed by atoms with Gasteiger partial charge < -0.3 is 0 Å². The maximum absolute atomic E-state index is 7.61. The second-order valence-corrected chi connectivity index (χ2v) is 16.5. The van der Waals surface area contributed by atoms with Crippen LogP contribution in [0, 0.1) is 0 Å². The van der Waals surface area contributed by atoms with Gasteiger partial charge in [0.2, 0.25) is 0 Å². The van der Waals surface area contributed by atoms with Crippen molar-refractivity contribution in [2.75, 3.05) is 24.6 Å². The van der Waals surface area contributed by atoms with Crippen molar-refractivity contribution in [2.24, 2.45) is 0 Å². The van der Waals surface area contributed by atoms with Crippen LogP contribution in [0.3, 0.4) is 0 Å². The van der Waals surface area contributed by atoms with Gasteiger partial charge in [-0.2, -0.15) is 0 Å². The van der Waals surface area contributed by atoms with E-state index in [1.807, 2.05) is 0 Å². The van der Waals surface area contributed by atoms with Crippen molar-refractivity contribution >= 4 is 17.2 Å². The van der Waals surface area contributed by atoms with Crippen molar-refractivity contribution in [1.82, 2.24) is 0 Å². The Hall–Kier alpha value is 0.720. The standard InChI is InChI=1S/C22H48ClP/c1-5-9-11-13-15-17-21-24(23,19-7-3,20-8-4)22-18-16-14-12-10-6-2/h5-22H2,1-4H3. The summed E-state index contributed by atoms with van der Waals surface area (Å²) in [4.78, 5) is 0. The van der Waals surface area contributed by atoms with Gasteiger partial charge in [0.15, 0.2) is 0 Å². The minimum atomic E-state index is -1.95. The van der Waals surface area contributed by atoms with Crippen molar-refractivity contribution in [3.8, 4) is 0 Å². The molecule has 2 heteroatoms. The molecule has 0 heterocycles. The Morgan fingerprint density at radius 1 is 0.417 bits per heavy atom. The zero-order chi connectivity index (χ0) is 18.2. The number of halogens is 1. The Bertz CT molecular complexity index is 251. The van der Waals surface area contributed by atoms with Crippen molar-refractivity contribution < 1.29 is 0 Å². The summed E-state index contributed by atoms with van der Waals surface area (Å²) in [5.41, 5.74) is 0. The molecule has 0 nitrogen and oxygen atoms in total. The molecule has 148 valence electrons. The van der Waals surface area contributed by atoms with Gasteiger partial charge in [-0.1, -0.05) is 0 Å². The first kappa shape index (κ1) is 24.7. The predicted octanol–water partition coefficient (Wildman–Crippen LogP) is 9.23. The van der Waals surface area contributed by atoms with E-state index in [0.717, 1.165) is 0 Å². The molecule has 0 aromatic carbocycles. The van der Waals surface area contributed by atoms with E-state index in [1.165, 1.54) is 115 Å². The third-order valence-electron chi connectivity index (χ3n) is 5.71. The fourth-order valence-corrected chi connectivity index (χ4v) is 11.7. The van der Waals surface area contributed by atoms with Crippen LogP contribution in [-0.2, 0) is 0 Å². The first-order valence-electron chi connectivity index (χ1n) is 11.3. The van der Waals surface area contributed by atoms with E-state index < -0.39 is 5.96 Å². The summed E-state index contributed by atoms with van der Waals surface area (Å²) in [5, 5.41) is 0. The molecule has 0 rings (SSSR count).